The predicted molar refractivity (Wildman–Crippen MR) is 96.7 cm³/mol. The van der Waals surface area contributed by atoms with E-state index in [0.717, 1.165) is 25.8 Å². The molecule has 3 rings (SSSR count). The zero-order valence-corrected chi connectivity index (χ0v) is 15.9. The lowest BCUT2D eigenvalue weighted by atomic mass is 9.65. The molecule has 1 aromatic rings. The number of benzene rings is 1. The Hall–Kier alpha value is -1.13. The number of amides is 2. The highest BCUT2D eigenvalue weighted by molar-refractivity contribution is 6.35. The van der Waals surface area contributed by atoms with Crippen molar-refractivity contribution >= 4 is 29.2 Å². The van der Waals surface area contributed by atoms with Gasteiger partial charge in [-0.1, -0.05) is 44.0 Å². The maximum atomic E-state index is 12.6. The molecule has 2 fully saturated rings. The average Bonchev–Trinajstić information content (AvgIpc) is 2.70. The molecule has 1 aliphatic heterocycles. The topological polar surface area (TPSA) is 41.6 Å². The molecule has 0 spiro atoms. The first-order chi connectivity index (χ1) is 11.2. The van der Waals surface area contributed by atoms with Crippen molar-refractivity contribution < 1.29 is 9.53 Å². The molecule has 1 N–H and O–H groups in total. The summed E-state index contributed by atoms with van der Waals surface area (Å²) in [4.78, 5) is 14.5. The Morgan fingerprint density at radius 2 is 2.08 bits per heavy atom. The monoisotopic (exact) mass is 370 g/mol. The van der Waals surface area contributed by atoms with Crippen LogP contribution in [0.1, 0.15) is 40.0 Å². The average molecular weight is 371 g/mol. The second-order valence-corrected chi connectivity index (χ2v) is 9.03. The minimum atomic E-state index is -0.0634. The molecule has 1 saturated heterocycles. The molecule has 1 saturated carbocycles. The number of nitrogens with zero attached hydrogens (tertiary/aromatic N) is 1. The van der Waals surface area contributed by atoms with Crippen molar-refractivity contribution in [3.05, 3.63) is 28.2 Å². The maximum Gasteiger partial charge on any atom is 0.320 e. The van der Waals surface area contributed by atoms with E-state index in [1.807, 2.05) is 4.90 Å². The quantitative estimate of drug-likeness (QED) is 0.765. The van der Waals surface area contributed by atoms with Crippen molar-refractivity contribution in [3.8, 4) is 5.75 Å². The lowest BCUT2D eigenvalue weighted by molar-refractivity contribution is 0.128. The lowest BCUT2D eigenvalue weighted by Crippen LogP contribution is -2.44. The van der Waals surface area contributed by atoms with Crippen LogP contribution in [0.15, 0.2) is 18.2 Å². The van der Waals surface area contributed by atoms with Gasteiger partial charge in [0.05, 0.1) is 5.02 Å². The number of likely N-dealkylation sites (tertiary alicyclic amines) is 1. The van der Waals surface area contributed by atoms with Crippen LogP contribution in [0.3, 0.4) is 0 Å². The molecule has 1 aliphatic carbocycles. The van der Waals surface area contributed by atoms with E-state index >= 15 is 0 Å². The molecule has 24 heavy (non-hydrogen) atoms. The fourth-order valence-electron chi connectivity index (χ4n) is 4.57. The molecule has 0 aromatic heterocycles. The summed E-state index contributed by atoms with van der Waals surface area (Å²) in [6.45, 7) is 7.78. The predicted octanol–water partition coefficient (Wildman–Crippen LogP) is 4.94. The maximum absolute atomic E-state index is 12.6. The summed E-state index contributed by atoms with van der Waals surface area (Å²) in [5.74, 6) is 0.509. The van der Waals surface area contributed by atoms with Crippen LogP contribution in [-0.4, -0.2) is 30.2 Å². The molecular weight excluding hydrogens is 347 g/mol. The number of fused-ring (bicyclic) bond motifs is 2. The highest BCUT2D eigenvalue weighted by atomic mass is 35.5. The number of carbonyl (C=O) groups excluding carboxylic acids is 1. The number of ether oxygens (including phenoxy) is 1. The van der Waals surface area contributed by atoms with E-state index in [-0.39, 0.29) is 18.2 Å². The Balaban J connectivity index is 1.56. The van der Waals surface area contributed by atoms with E-state index in [1.54, 1.807) is 18.2 Å². The third-order valence-corrected chi connectivity index (χ3v) is 5.55. The van der Waals surface area contributed by atoms with Crippen molar-refractivity contribution in [3.63, 3.8) is 0 Å². The van der Waals surface area contributed by atoms with Crippen LogP contribution in [0.25, 0.3) is 0 Å². The lowest BCUT2D eigenvalue weighted by Gasteiger charge is -2.39. The van der Waals surface area contributed by atoms with Crippen LogP contribution in [0.4, 0.5) is 4.79 Å². The molecule has 2 aliphatic rings. The van der Waals surface area contributed by atoms with Crippen LogP contribution in [-0.2, 0) is 0 Å². The fraction of sp³-hybridized carbons (Fsp3) is 0.611. The van der Waals surface area contributed by atoms with E-state index in [4.69, 9.17) is 27.9 Å². The SMILES string of the molecule is CC1(C)CC2CC(C)(CN2C(=O)NCOc2ccc(Cl)cc2Cl)C1. The third kappa shape index (κ3) is 3.75. The smallest absolute Gasteiger partial charge is 0.320 e. The Bertz CT molecular complexity index is 650. The van der Waals surface area contributed by atoms with Gasteiger partial charge in [0.2, 0.25) is 0 Å². The van der Waals surface area contributed by atoms with Crippen molar-refractivity contribution in [2.24, 2.45) is 10.8 Å². The first-order valence-corrected chi connectivity index (χ1v) is 9.05. The van der Waals surface area contributed by atoms with Gasteiger partial charge in [0.25, 0.3) is 0 Å². The van der Waals surface area contributed by atoms with Crippen molar-refractivity contribution in [2.45, 2.75) is 46.1 Å². The summed E-state index contributed by atoms with van der Waals surface area (Å²) < 4.78 is 5.55. The number of rotatable bonds is 3. The Morgan fingerprint density at radius 3 is 2.79 bits per heavy atom. The van der Waals surface area contributed by atoms with Crippen molar-refractivity contribution in [2.75, 3.05) is 13.3 Å². The molecule has 2 bridgehead atoms. The molecule has 1 aromatic carbocycles. The fourth-order valence-corrected chi connectivity index (χ4v) is 5.03. The summed E-state index contributed by atoms with van der Waals surface area (Å²) in [7, 11) is 0. The van der Waals surface area contributed by atoms with Gasteiger partial charge < -0.3 is 15.0 Å². The molecule has 1 heterocycles. The molecule has 0 radical (unpaired) electrons. The summed E-state index contributed by atoms with van der Waals surface area (Å²) in [6, 6.07) is 5.28. The van der Waals surface area contributed by atoms with Crippen LogP contribution >= 0.6 is 23.2 Å². The number of urea groups is 1. The summed E-state index contributed by atoms with van der Waals surface area (Å²) in [5.41, 5.74) is 0.518. The first-order valence-electron chi connectivity index (χ1n) is 8.30. The zero-order valence-electron chi connectivity index (χ0n) is 14.4. The largest absolute Gasteiger partial charge is 0.472 e. The minimum absolute atomic E-state index is 0.0634. The van der Waals surface area contributed by atoms with Gasteiger partial charge in [-0.2, -0.15) is 0 Å². The van der Waals surface area contributed by atoms with Crippen molar-refractivity contribution in [1.82, 2.24) is 10.2 Å². The number of hydrogen-bond donors (Lipinski definition) is 1. The van der Waals surface area contributed by atoms with Gasteiger partial charge in [-0.25, -0.2) is 4.79 Å². The normalized spacial score (nSPS) is 27.9. The minimum Gasteiger partial charge on any atom is -0.472 e. The summed E-state index contributed by atoms with van der Waals surface area (Å²) >= 11 is 11.9. The van der Waals surface area contributed by atoms with Gasteiger partial charge in [-0.3, -0.25) is 0 Å². The second-order valence-electron chi connectivity index (χ2n) is 8.19. The summed E-state index contributed by atoms with van der Waals surface area (Å²) in [5, 5.41) is 3.83. The van der Waals surface area contributed by atoms with Gasteiger partial charge in [0.15, 0.2) is 6.73 Å². The van der Waals surface area contributed by atoms with Gasteiger partial charge in [-0.15, -0.1) is 0 Å². The van der Waals surface area contributed by atoms with Gasteiger partial charge in [0, 0.05) is 17.6 Å². The van der Waals surface area contributed by atoms with Crippen molar-refractivity contribution in [1.29, 1.82) is 0 Å². The van der Waals surface area contributed by atoms with Crippen LogP contribution in [0.2, 0.25) is 10.0 Å². The number of carbonyl (C=O) groups is 1. The highest BCUT2D eigenvalue weighted by Gasteiger charge is 2.50. The van der Waals surface area contributed by atoms with E-state index in [9.17, 15) is 4.79 Å². The van der Waals surface area contributed by atoms with E-state index < -0.39 is 0 Å². The molecule has 4 nitrogen and oxygen atoms in total. The van der Waals surface area contributed by atoms with Gasteiger partial charge in [0.1, 0.15) is 5.75 Å². The molecule has 2 amide bonds. The highest BCUT2D eigenvalue weighted by Crippen LogP contribution is 2.52. The molecule has 2 atom stereocenters. The molecule has 132 valence electrons. The van der Waals surface area contributed by atoms with E-state index in [2.05, 4.69) is 26.1 Å². The standard InChI is InChI=1S/C18H24Cl2N2O2/c1-17(2)7-13-8-18(3,9-17)10-22(13)16(23)21-11-24-15-5-4-12(19)6-14(15)20/h4-6,13H,7-11H2,1-3H3,(H,21,23). The molecule has 6 heteroatoms. The van der Waals surface area contributed by atoms with Gasteiger partial charge in [-0.05, 0) is 48.3 Å². The number of halogens is 2. The molecule has 2 unspecified atom stereocenters. The van der Waals surface area contributed by atoms with E-state index in [0.29, 0.717) is 27.3 Å². The van der Waals surface area contributed by atoms with E-state index in [1.165, 1.54) is 0 Å². The Morgan fingerprint density at radius 1 is 1.33 bits per heavy atom. The van der Waals surface area contributed by atoms with Crippen LogP contribution in [0, 0.1) is 10.8 Å². The van der Waals surface area contributed by atoms with Gasteiger partial charge >= 0.3 is 6.03 Å². The Kier molecular flexibility index (Phi) is 4.65. The van der Waals surface area contributed by atoms with Crippen LogP contribution in [0.5, 0.6) is 5.75 Å². The zero-order chi connectivity index (χ0) is 17.5. The second kappa shape index (κ2) is 6.30. The summed E-state index contributed by atoms with van der Waals surface area (Å²) in [6.07, 6.45) is 3.31. The molecular formula is C18H24Cl2N2O2. The third-order valence-electron chi connectivity index (χ3n) is 5.02. The first kappa shape index (κ1) is 17.7. The Labute approximate surface area is 153 Å². The number of hydrogen-bond acceptors (Lipinski definition) is 2. The van der Waals surface area contributed by atoms with Crippen LogP contribution < -0.4 is 10.1 Å². The number of nitrogens with one attached hydrogen (secondary N) is 1.